The highest BCUT2D eigenvalue weighted by molar-refractivity contribution is 5.79. The first-order valence-corrected chi connectivity index (χ1v) is 16.0. The molecule has 49 heavy (non-hydrogen) atoms. The van der Waals surface area contributed by atoms with Crippen molar-refractivity contribution < 1.29 is 34.0 Å². The van der Waals surface area contributed by atoms with Crippen molar-refractivity contribution in [3.8, 4) is 34.8 Å². The van der Waals surface area contributed by atoms with Crippen LogP contribution in [0.3, 0.4) is 0 Å². The Morgan fingerprint density at radius 2 is 1.73 bits per heavy atom. The molecule has 0 bridgehead atoms. The van der Waals surface area contributed by atoms with Crippen LogP contribution in [0.4, 0.5) is 0 Å². The van der Waals surface area contributed by atoms with Gasteiger partial charge in [-0.3, -0.25) is 10.1 Å². The molecule has 0 radical (unpaired) electrons. The third kappa shape index (κ3) is 8.80. The molecule has 0 saturated heterocycles. The molecule has 4 aromatic rings. The number of carbonyl (C=O) groups is 1. The van der Waals surface area contributed by atoms with E-state index in [2.05, 4.69) is 18.0 Å². The van der Waals surface area contributed by atoms with Gasteiger partial charge >= 0.3 is 5.97 Å². The maximum Gasteiger partial charge on any atom is 0.321 e. The molecule has 0 amide bonds. The number of phenolic OH excluding ortho intramolecular Hbond substituents is 1. The van der Waals surface area contributed by atoms with Crippen LogP contribution in [0, 0.1) is 18.3 Å². The van der Waals surface area contributed by atoms with E-state index < -0.39 is 12.0 Å². The van der Waals surface area contributed by atoms with Crippen LogP contribution < -0.4 is 24.3 Å². The van der Waals surface area contributed by atoms with E-state index in [0.29, 0.717) is 48.2 Å². The first kappa shape index (κ1) is 34.6. The van der Waals surface area contributed by atoms with E-state index >= 15 is 0 Å². The lowest BCUT2D eigenvalue weighted by molar-refractivity contribution is -0.139. The number of para-hydroxylation sites is 1. The average molecular weight is 661 g/mol. The van der Waals surface area contributed by atoms with Crippen molar-refractivity contribution in [2.45, 2.75) is 46.4 Å². The Bertz CT molecular complexity index is 1920. The van der Waals surface area contributed by atoms with Gasteiger partial charge in [0.25, 0.3) is 0 Å². The monoisotopic (exact) mass is 660 g/mol. The fourth-order valence-corrected chi connectivity index (χ4v) is 5.43. The summed E-state index contributed by atoms with van der Waals surface area (Å²) in [6.07, 6.45) is 0.0990. The summed E-state index contributed by atoms with van der Waals surface area (Å²) in [6.45, 7) is 12.0. The van der Waals surface area contributed by atoms with Crippen LogP contribution in [0.5, 0.6) is 28.7 Å². The molecule has 0 saturated carbocycles. The Morgan fingerprint density at radius 1 is 0.959 bits per heavy atom. The summed E-state index contributed by atoms with van der Waals surface area (Å²) in [5.41, 5.74) is 7.24. The average Bonchev–Trinajstić information content (AvgIpc) is 3.12. The molecule has 1 aliphatic rings. The molecule has 1 aliphatic heterocycles. The maximum atomic E-state index is 12.2. The number of hydrogen-bond acceptors (Lipinski definition) is 8. The number of nitrogens with one attached hydrogen (secondary N) is 1. The lowest BCUT2D eigenvalue weighted by Gasteiger charge is -2.20. The summed E-state index contributed by atoms with van der Waals surface area (Å²) >= 11 is 0. The Kier molecular flexibility index (Phi) is 11.2. The third-order valence-electron chi connectivity index (χ3n) is 8.49. The third-order valence-corrected chi connectivity index (χ3v) is 8.49. The summed E-state index contributed by atoms with van der Waals surface area (Å²) in [5.74, 6) is 1.57. The minimum absolute atomic E-state index is 0.0472. The van der Waals surface area contributed by atoms with Crippen LogP contribution in [-0.4, -0.2) is 42.0 Å². The number of fused-ring (bicyclic) bond motifs is 1. The first-order chi connectivity index (χ1) is 23.6. The van der Waals surface area contributed by atoms with Crippen LogP contribution in [0.2, 0.25) is 0 Å². The van der Waals surface area contributed by atoms with Gasteiger partial charge < -0.3 is 29.2 Å². The maximum absolute atomic E-state index is 12.2. The lowest BCUT2D eigenvalue weighted by atomic mass is 9.97. The number of aryl methyl sites for hydroxylation is 1. The van der Waals surface area contributed by atoms with E-state index in [-0.39, 0.29) is 25.3 Å². The van der Waals surface area contributed by atoms with Crippen LogP contribution in [0.25, 0.3) is 5.57 Å². The van der Waals surface area contributed by atoms with Gasteiger partial charge in [-0.1, -0.05) is 43.0 Å². The molecule has 0 aromatic heterocycles. The van der Waals surface area contributed by atoms with Crippen LogP contribution in [0.1, 0.15) is 47.2 Å². The number of benzene rings is 4. The van der Waals surface area contributed by atoms with Crippen LogP contribution >= 0.6 is 0 Å². The lowest BCUT2D eigenvalue weighted by Crippen LogP contribution is -2.38. The molecule has 5 rings (SSSR count). The number of carboxylic acids is 1. The molecular formula is C40H40N2O7. The molecule has 9 heteroatoms. The molecule has 0 fully saturated rings. The standard InChI is InChI=1S/C40H40N2O7/c1-25-16-33(22-42-34(40(44)45)18-32-10-5-6-11-35(32)43)38(49-24-30-9-7-8-29(17-30)21-41)20-37(25)48-23-26(2)27(3)28(4)31-12-13-36-39(19-31)47-15-14-46-36/h5-13,16-17,19-20,34,42-43H,4,14-15,18,22-24H2,1-3H3,(H,44,45). The summed E-state index contributed by atoms with van der Waals surface area (Å²) in [6, 6.07) is 24.6. The fourth-order valence-electron chi connectivity index (χ4n) is 5.43. The topological polar surface area (TPSA) is 130 Å². The van der Waals surface area contributed by atoms with E-state index in [1.807, 2.05) is 57.2 Å². The second kappa shape index (κ2) is 15.9. The van der Waals surface area contributed by atoms with Gasteiger partial charge in [-0.25, -0.2) is 0 Å². The fraction of sp³-hybridized carbons (Fsp3) is 0.250. The van der Waals surface area contributed by atoms with Crippen molar-refractivity contribution in [1.29, 1.82) is 5.26 Å². The van der Waals surface area contributed by atoms with Crippen LogP contribution in [0.15, 0.2) is 96.6 Å². The molecule has 252 valence electrons. The highest BCUT2D eigenvalue weighted by Crippen LogP contribution is 2.35. The van der Waals surface area contributed by atoms with Crippen molar-refractivity contribution in [2.24, 2.45) is 0 Å². The second-order valence-corrected chi connectivity index (χ2v) is 12.0. The highest BCUT2D eigenvalue weighted by atomic mass is 16.6. The van der Waals surface area contributed by atoms with Gasteiger partial charge in [0.05, 0.1) is 11.6 Å². The number of rotatable bonds is 14. The number of carboxylic acid groups (broad SMARTS) is 1. The molecule has 1 atom stereocenters. The Hall–Kier alpha value is -5.72. The number of aromatic hydroxyl groups is 1. The van der Waals surface area contributed by atoms with E-state index in [0.717, 1.165) is 44.7 Å². The molecule has 1 unspecified atom stereocenters. The predicted molar refractivity (Wildman–Crippen MR) is 187 cm³/mol. The minimum atomic E-state index is -1.04. The number of allylic oxidation sites excluding steroid dienone is 2. The minimum Gasteiger partial charge on any atom is -0.508 e. The summed E-state index contributed by atoms with van der Waals surface area (Å²) in [7, 11) is 0. The SMILES string of the molecule is C=C(C(C)=C(C)COc1cc(OCc2cccc(C#N)c2)c(CNC(Cc2ccccc2O)C(=O)O)cc1C)c1ccc2c(c1)OCCO2. The molecule has 0 aliphatic carbocycles. The number of aliphatic carboxylic acids is 1. The molecule has 0 spiro atoms. The second-order valence-electron chi connectivity index (χ2n) is 12.0. The van der Waals surface area contributed by atoms with E-state index in [1.165, 1.54) is 6.07 Å². The molecular weight excluding hydrogens is 620 g/mol. The highest BCUT2D eigenvalue weighted by Gasteiger charge is 2.21. The number of ether oxygens (including phenoxy) is 4. The number of hydrogen-bond donors (Lipinski definition) is 3. The largest absolute Gasteiger partial charge is 0.508 e. The van der Waals surface area contributed by atoms with Gasteiger partial charge in [0.1, 0.15) is 49.7 Å². The number of nitriles is 1. The van der Waals surface area contributed by atoms with Gasteiger partial charge in [-0.15, -0.1) is 0 Å². The summed E-state index contributed by atoms with van der Waals surface area (Å²) < 4.78 is 24.0. The Labute approximate surface area is 286 Å². The van der Waals surface area contributed by atoms with Gasteiger partial charge in [0.2, 0.25) is 0 Å². The Morgan fingerprint density at radius 3 is 2.49 bits per heavy atom. The van der Waals surface area contributed by atoms with Gasteiger partial charge in [-0.2, -0.15) is 5.26 Å². The smallest absolute Gasteiger partial charge is 0.321 e. The van der Waals surface area contributed by atoms with Crippen molar-refractivity contribution in [3.05, 3.63) is 130 Å². The van der Waals surface area contributed by atoms with Gasteiger partial charge in [-0.05, 0) is 96.1 Å². The number of nitrogens with zero attached hydrogens (tertiary/aromatic N) is 1. The normalized spacial score (nSPS) is 13.1. The molecule has 9 nitrogen and oxygen atoms in total. The Balaban J connectivity index is 1.35. The zero-order valence-electron chi connectivity index (χ0n) is 27.9. The summed E-state index contributed by atoms with van der Waals surface area (Å²) in [5, 5.41) is 32.6. The molecule has 1 heterocycles. The quantitative estimate of drug-likeness (QED) is 0.121. The van der Waals surface area contributed by atoms with Gasteiger partial charge in [0.15, 0.2) is 11.5 Å². The van der Waals surface area contributed by atoms with Crippen molar-refractivity contribution in [3.63, 3.8) is 0 Å². The number of phenols is 1. The molecule has 4 aromatic carbocycles. The van der Waals surface area contributed by atoms with Crippen molar-refractivity contribution in [2.75, 3.05) is 19.8 Å². The summed E-state index contributed by atoms with van der Waals surface area (Å²) in [4.78, 5) is 12.2. The predicted octanol–water partition coefficient (Wildman–Crippen LogP) is 7.14. The van der Waals surface area contributed by atoms with E-state index in [9.17, 15) is 20.3 Å². The molecule has 3 N–H and O–H groups in total. The van der Waals surface area contributed by atoms with Crippen molar-refractivity contribution >= 4 is 11.5 Å². The zero-order chi connectivity index (χ0) is 34.9. The van der Waals surface area contributed by atoms with E-state index in [1.54, 1.807) is 36.4 Å². The van der Waals surface area contributed by atoms with Crippen LogP contribution in [-0.2, 0) is 24.4 Å². The van der Waals surface area contributed by atoms with Gasteiger partial charge in [0, 0.05) is 24.6 Å². The first-order valence-electron chi connectivity index (χ1n) is 16.0. The van der Waals surface area contributed by atoms with E-state index in [4.69, 9.17) is 18.9 Å². The van der Waals surface area contributed by atoms with Crippen molar-refractivity contribution in [1.82, 2.24) is 5.32 Å². The zero-order valence-corrected chi connectivity index (χ0v) is 27.9.